The number of ether oxygens (including phenoxy) is 2. The van der Waals surface area contributed by atoms with Crippen LogP contribution in [0.3, 0.4) is 0 Å². The lowest BCUT2D eigenvalue weighted by atomic mass is 9.92. The summed E-state index contributed by atoms with van der Waals surface area (Å²) in [6.45, 7) is 0.132. The van der Waals surface area contributed by atoms with E-state index in [-0.39, 0.29) is 12.5 Å². The minimum absolute atomic E-state index is 0.223. The van der Waals surface area contributed by atoms with Crippen molar-refractivity contribution in [3.63, 3.8) is 0 Å². The quantitative estimate of drug-likeness (QED) is 0.903. The van der Waals surface area contributed by atoms with Gasteiger partial charge >= 0.3 is 5.97 Å². The van der Waals surface area contributed by atoms with Gasteiger partial charge in [0.25, 0.3) is 5.91 Å². The molecule has 0 aliphatic carbocycles. The van der Waals surface area contributed by atoms with Crippen LogP contribution in [-0.4, -0.2) is 42.1 Å². The molecule has 0 spiro atoms. The lowest BCUT2D eigenvalue weighted by Crippen LogP contribution is -2.45. The van der Waals surface area contributed by atoms with Gasteiger partial charge in [0, 0.05) is 12.6 Å². The van der Waals surface area contributed by atoms with Gasteiger partial charge in [-0.25, -0.2) is 4.79 Å². The van der Waals surface area contributed by atoms with Gasteiger partial charge in [-0.2, -0.15) is 0 Å². The van der Waals surface area contributed by atoms with Gasteiger partial charge in [-0.15, -0.1) is 0 Å². The van der Waals surface area contributed by atoms with Crippen LogP contribution in [0.2, 0.25) is 0 Å². The summed E-state index contributed by atoms with van der Waals surface area (Å²) in [4.78, 5) is 25.7. The van der Waals surface area contributed by atoms with Gasteiger partial charge in [0.05, 0.1) is 7.11 Å². The van der Waals surface area contributed by atoms with E-state index in [0.29, 0.717) is 30.0 Å². The second-order valence-electron chi connectivity index (χ2n) is 5.74. The van der Waals surface area contributed by atoms with Crippen LogP contribution in [-0.2, 0) is 16.0 Å². The number of hydrogen-bond donors (Lipinski definition) is 1. The largest absolute Gasteiger partial charge is 0.497 e. The third-order valence-corrected chi connectivity index (χ3v) is 4.24. The number of fused-ring (bicyclic) bond motifs is 1. The molecule has 0 saturated heterocycles. The molecule has 1 atom stereocenters. The fourth-order valence-corrected chi connectivity index (χ4v) is 3.02. The first kappa shape index (κ1) is 16.8. The van der Waals surface area contributed by atoms with Gasteiger partial charge in [0.15, 0.2) is 12.6 Å². The Morgan fingerprint density at radius 3 is 2.68 bits per heavy atom. The van der Waals surface area contributed by atoms with Crippen LogP contribution < -0.4 is 9.47 Å². The highest BCUT2D eigenvalue weighted by molar-refractivity contribution is 5.86. The summed E-state index contributed by atoms with van der Waals surface area (Å²) in [5, 5.41) is 9.61. The third kappa shape index (κ3) is 3.57. The number of aliphatic carboxylic acids is 1. The summed E-state index contributed by atoms with van der Waals surface area (Å²) in [5.41, 5.74) is 1.63. The predicted molar refractivity (Wildman–Crippen MR) is 90.7 cm³/mol. The van der Waals surface area contributed by atoms with Crippen molar-refractivity contribution in [2.75, 3.05) is 20.3 Å². The first-order valence-corrected chi connectivity index (χ1v) is 7.97. The molecule has 25 heavy (non-hydrogen) atoms. The molecule has 1 aliphatic heterocycles. The Labute approximate surface area is 145 Å². The van der Waals surface area contributed by atoms with Crippen LogP contribution in [0.5, 0.6) is 11.5 Å². The molecule has 6 heteroatoms. The molecule has 0 unspecified atom stereocenters. The maximum atomic E-state index is 12.6. The Morgan fingerprint density at radius 1 is 1.16 bits per heavy atom. The maximum absolute atomic E-state index is 12.6. The van der Waals surface area contributed by atoms with Crippen LogP contribution in [0.4, 0.5) is 0 Å². The number of nitrogens with zero attached hydrogens (tertiary/aromatic N) is 1. The average Bonchev–Trinajstić information content (AvgIpc) is 2.65. The fourth-order valence-electron chi connectivity index (χ4n) is 3.02. The van der Waals surface area contributed by atoms with Crippen molar-refractivity contribution in [2.24, 2.45) is 0 Å². The second-order valence-corrected chi connectivity index (χ2v) is 5.74. The maximum Gasteiger partial charge on any atom is 0.331 e. The minimum Gasteiger partial charge on any atom is -0.497 e. The molecule has 0 saturated carbocycles. The molecule has 3 rings (SSSR count). The molecular formula is C19H19NO5. The number of rotatable bonds is 5. The Balaban J connectivity index is 1.74. The Bertz CT molecular complexity index is 789. The predicted octanol–water partition coefficient (Wildman–Crippen LogP) is 2.28. The van der Waals surface area contributed by atoms with Gasteiger partial charge in [-0.05, 0) is 29.7 Å². The first-order valence-electron chi connectivity index (χ1n) is 7.97. The Morgan fingerprint density at radius 2 is 1.92 bits per heavy atom. The van der Waals surface area contributed by atoms with E-state index in [0.717, 1.165) is 5.56 Å². The normalized spacial score (nSPS) is 16.0. The monoisotopic (exact) mass is 341 g/mol. The number of benzene rings is 2. The van der Waals surface area contributed by atoms with E-state index in [1.54, 1.807) is 43.5 Å². The number of hydrogen-bond acceptors (Lipinski definition) is 4. The van der Waals surface area contributed by atoms with Crippen LogP contribution in [0, 0.1) is 0 Å². The summed E-state index contributed by atoms with van der Waals surface area (Å²) in [6, 6.07) is 13.3. The Kier molecular flexibility index (Phi) is 4.88. The van der Waals surface area contributed by atoms with Crippen LogP contribution >= 0.6 is 0 Å². The molecule has 0 bridgehead atoms. The van der Waals surface area contributed by atoms with E-state index in [1.807, 2.05) is 12.1 Å². The topological polar surface area (TPSA) is 76.1 Å². The molecule has 6 nitrogen and oxygen atoms in total. The number of carbonyl (C=O) groups excluding carboxylic acids is 1. The van der Waals surface area contributed by atoms with Gasteiger partial charge in [-0.1, -0.05) is 30.3 Å². The molecule has 1 heterocycles. The Hall–Kier alpha value is -3.02. The van der Waals surface area contributed by atoms with E-state index in [2.05, 4.69) is 0 Å². The van der Waals surface area contributed by atoms with Crippen LogP contribution in [0.15, 0.2) is 48.5 Å². The van der Waals surface area contributed by atoms with E-state index in [1.165, 1.54) is 4.90 Å². The van der Waals surface area contributed by atoms with Crippen molar-refractivity contribution in [3.8, 4) is 11.5 Å². The van der Waals surface area contributed by atoms with E-state index in [4.69, 9.17) is 9.47 Å². The van der Waals surface area contributed by atoms with Crippen molar-refractivity contribution in [2.45, 2.75) is 12.5 Å². The van der Waals surface area contributed by atoms with Gasteiger partial charge < -0.3 is 19.5 Å². The highest BCUT2D eigenvalue weighted by atomic mass is 16.5. The molecular weight excluding hydrogens is 322 g/mol. The molecule has 130 valence electrons. The van der Waals surface area contributed by atoms with Gasteiger partial charge in [0.2, 0.25) is 0 Å². The van der Waals surface area contributed by atoms with Crippen molar-refractivity contribution in [3.05, 3.63) is 59.7 Å². The van der Waals surface area contributed by atoms with Gasteiger partial charge in [0.1, 0.15) is 11.5 Å². The van der Waals surface area contributed by atoms with E-state index >= 15 is 0 Å². The molecule has 0 radical (unpaired) electrons. The summed E-state index contributed by atoms with van der Waals surface area (Å²) >= 11 is 0. The SMILES string of the molecule is COc1cccc(OCC(=O)N2CCc3ccccc3[C@H]2C(=O)O)c1. The zero-order valence-electron chi connectivity index (χ0n) is 13.8. The number of amides is 1. The fraction of sp³-hybridized carbons (Fsp3) is 0.263. The lowest BCUT2D eigenvalue weighted by Gasteiger charge is -2.34. The van der Waals surface area contributed by atoms with Gasteiger partial charge in [-0.3, -0.25) is 4.79 Å². The van der Waals surface area contributed by atoms with E-state index < -0.39 is 12.0 Å². The third-order valence-electron chi connectivity index (χ3n) is 4.24. The van der Waals surface area contributed by atoms with Crippen molar-refractivity contribution >= 4 is 11.9 Å². The van der Waals surface area contributed by atoms with Crippen LogP contribution in [0.1, 0.15) is 17.2 Å². The lowest BCUT2D eigenvalue weighted by molar-refractivity contribution is -0.152. The summed E-state index contributed by atoms with van der Waals surface area (Å²) in [7, 11) is 1.55. The first-order chi connectivity index (χ1) is 12.1. The summed E-state index contributed by atoms with van der Waals surface area (Å²) < 4.78 is 10.6. The average molecular weight is 341 g/mol. The number of carboxylic acid groups (broad SMARTS) is 1. The minimum atomic E-state index is -1.04. The second kappa shape index (κ2) is 7.25. The highest BCUT2D eigenvalue weighted by Crippen LogP contribution is 2.30. The highest BCUT2D eigenvalue weighted by Gasteiger charge is 2.35. The molecule has 2 aromatic carbocycles. The summed E-state index contributed by atoms with van der Waals surface area (Å²) in [5.74, 6) is -0.274. The standard InChI is InChI=1S/C19H19NO5/c1-24-14-6-4-7-15(11-14)25-12-17(21)20-10-9-13-5-2-3-8-16(13)18(20)19(22)23/h2-8,11,18H,9-10,12H2,1H3,(H,22,23)/t18-/m0/s1. The molecule has 1 aliphatic rings. The van der Waals surface area contributed by atoms with Crippen LogP contribution in [0.25, 0.3) is 0 Å². The number of carbonyl (C=O) groups is 2. The van der Waals surface area contributed by atoms with Crippen molar-refractivity contribution in [1.29, 1.82) is 0 Å². The molecule has 2 aromatic rings. The number of carboxylic acids is 1. The molecule has 0 fully saturated rings. The van der Waals surface area contributed by atoms with Crippen molar-refractivity contribution < 1.29 is 24.2 Å². The smallest absolute Gasteiger partial charge is 0.331 e. The van der Waals surface area contributed by atoms with Crippen molar-refractivity contribution in [1.82, 2.24) is 4.90 Å². The molecule has 0 aromatic heterocycles. The molecule has 1 amide bonds. The number of methoxy groups -OCH3 is 1. The zero-order chi connectivity index (χ0) is 17.8. The summed E-state index contributed by atoms with van der Waals surface area (Å²) in [6.07, 6.45) is 0.630. The zero-order valence-corrected chi connectivity index (χ0v) is 13.8. The molecule has 1 N–H and O–H groups in total. The van der Waals surface area contributed by atoms with E-state index in [9.17, 15) is 14.7 Å².